The number of amides is 4. The third-order valence-electron chi connectivity index (χ3n) is 0.384. The summed E-state index contributed by atoms with van der Waals surface area (Å²) >= 11 is 9.70. The Kier molecular flexibility index (Phi) is 3.11. The van der Waals surface area contributed by atoms with E-state index in [2.05, 4.69) is 5.73 Å². The van der Waals surface area contributed by atoms with Crippen LogP contribution in [0.3, 0.4) is 0 Å². The fourth-order valence-corrected chi connectivity index (χ4v) is 0.232. The van der Waals surface area contributed by atoms with Crippen molar-refractivity contribution < 1.29 is 9.59 Å². The van der Waals surface area contributed by atoms with E-state index in [0.29, 0.717) is 0 Å². The summed E-state index contributed by atoms with van der Waals surface area (Å²) < 4.78 is 0.158. The number of imide groups is 1. The van der Waals surface area contributed by atoms with Gasteiger partial charge in [0.15, 0.2) is 0 Å². The van der Waals surface area contributed by atoms with Crippen LogP contribution < -0.4 is 11.1 Å². The largest absolute Gasteiger partial charge is 0.355 e. The van der Waals surface area contributed by atoms with Crippen molar-refractivity contribution in [2.45, 2.75) is 0 Å². The van der Waals surface area contributed by atoms with Crippen molar-refractivity contribution in [3.8, 4) is 0 Å². The van der Waals surface area contributed by atoms with Gasteiger partial charge in [-0.2, -0.15) is 0 Å². The lowest BCUT2D eigenvalue weighted by molar-refractivity contribution is 0.228. The Balaban J connectivity index is 3.64. The molecule has 7 heteroatoms. The van der Waals surface area contributed by atoms with Gasteiger partial charge in [0, 0.05) is 23.6 Å². The average molecular weight is 172 g/mol. The molecule has 0 aromatic carbocycles. The van der Waals surface area contributed by atoms with Crippen LogP contribution in [0.25, 0.3) is 0 Å². The molecule has 0 aliphatic rings. The topological polar surface area (TPSA) is 75.4 Å². The number of hydrogen-bond donors (Lipinski definition) is 2. The molecule has 0 aromatic heterocycles. The van der Waals surface area contributed by atoms with Crippen LogP contribution in [0.15, 0.2) is 0 Å². The van der Waals surface area contributed by atoms with Crippen LogP contribution in [0.1, 0.15) is 0 Å². The predicted molar refractivity (Wildman–Crippen MR) is 31.7 cm³/mol. The van der Waals surface area contributed by atoms with E-state index in [4.69, 9.17) is 23.6 Å². The molecule has 3 N–H and O–H groups in total. The van der Waals surface area contributed by atoms with Gasteiger partial charge in [-0.15, -0.1) is 3.94 Å². The van der Waals surface area contributed by atoms with Gasteiger partial charge in [0.2, 0.25) is 0 Å². The first-order valence-electron chi connectivity index (χ1n) is 1.76. The highest BCUT2D eigenvalue weighted by atomic mass is 35.5. The minimum absolute atomic E-state index is 0.158. The van der Waals surface area contributed by atoms with Gasteiger partial charge in [0.1, 0.15) is 0 Å². The van der Waals surface area contributed by atoms with Gasteiger partial charge in [0.25, 0.3) is 0 Å². The van der Waals surface area contributed by atoms with E-state index < -0.39 is 12.1 Å². The molecule has 0 rings (SSSR count). The van der Waals surface area contributed by atoms with E-state index >= 15 is 0 Å². The maximum Gasteiger partial charge on any atom is 0.355 e. The first kappa shape index (κ1) is 8.32. The molecule has 0 bridgehead atoms. The number of carbonyl (C=O) groups is 2. The molecule has 0 aliphatic carbocycles. The minimum atomic E-state index is -1.01. The number of halogens is 2. The summed E-state index contributed by atoms with van der Waals surface area (Å²) in [6, 6.07) is -1.99. The number of urea groups is 2. The monoisotopic (exact) mass is 171 g/mol. The highest BCUT2D eigenvalue weighted by Crippen LogP contribution is 1.97. The van der Waals surface area contributed by atoms with Crippen LogP contribution >= 0.6 is 23.6 Å². The number of hydrogen-bond acceptors (Lipinski definition) is 2. The zero-order valence-corrected chi connectivity index (χ0v) is 5.61. The van der Waals surface area contributed by atoms with Crippen molar-refractivity contribution in [1.82, 2.24) is 9.25 Å². The fraction of sp³-hybridized carbons (Fsp3) is 0. The molecule has 0 spiro atoms. The van der Waals surface area contributed by atoms with Gasteiger partial charge < -0.3 is 5.73 Å². The van der Waals surface area contributed by atoms with Crippen molar-refractivity contribution in [2.24, 2.45) is 5.73 Å². The van der Waals surface area contributed by atoms with E-state index in [9.17, 15) is 9.59 Å². The third kappa shape index (κ3) is 3.87. The highest BCUT2D eigenvalue weighted by molar-refractivity contribution is 6.41. The maximum atomic E-state index is 10.2. The van der Waals surface area contributed by atoms with Crippen LogP contribution in [0.5, 0.6) is 0 Å². The Morgan fingerprint density at radius 2 is 1.89 bits per heavy atom. The normalized spacial score (nSPS) is 8.22. The summed E-state index contributed by atoms with van der Waals surface area (Å²) in [5.74, 6) is 0. The average Bonchev–Trinajstić information content (AvgIpc) is 1.63. The van der Waals surface area contributed by atoms with Gasteiger partial charge in [-0.3, -0.25) is 5.32 Å². The van der Waals surface area contributed by atoms with Crippen LogP contribution in [-0.4, -0.2) is 16.0 Å². The highest BCUT2D eigenvalue weighted by Gasteiger charge is 2.08. The predicted octanol–water partition coefficient (Wildman–Crippen LogP) is 0.384. The molecule has 0 saturated carbocycles. The Bertz CT molecular complexity index is 136. The van der Waals surface area contributed by atoms with Gasteiger partial charge in [0.05, 0.1) is 0 Å². The Labute approximate surface area is 60.9 Å². The van der Waals surface area contributed by atoms with Crippen molar-refractivity contribution in [2.75, 3.05) is 0 Å². The number of nitrogens with two attached hydrogens (primary N) is 1. The summed E-state index contributed by atoms with van der Waals surface area (Å²) in [6.07, 6.45) is 0. The molecule has 0 aromatic rings. The number of nitrogens with one attached hydrogen (secondary N) is 1. The summed E-state index contributed by atoms with van der Waals surface area (Å²) in [7, 11) is 0. The second-order valence-electron chi connectivity index (χ2n) is 1.03. The molecular weight excluding hydrogens is 169 g/mol. The summed E-state index contributed by atoms with van der Waals surface area (Å²) in [5, 5.41) is 1.60. The second-order valence-corrected chi connectivity index (χ2v) is 1.88. The van der Waals surface area contributed by atoms with Crippen molar-refractivity contribution in [3.63, 3.8) is 0 Å². The summed E-state index contributed by atoms with van der Waals surface area (Å²) in [4.78, 5) is 20.1. The zero-order valence-electron chi connectivity index (χ0n) is 4.10. The van der Waals surface area contributed by atoms with Crippen molar-refractivity contribution in [3.05, 3.63) is 0 Å². The van der Waals surface area contributed by atoms with Crippen LogP contribution in [0.4, 0.5) is 9.59 Å². The summed E-state index contributed by atoms with van der Waals surface area (Å²) in [5.41, 5.74) is 4.52. The molecule has 9 heavy (non-hydrogen) atoms. The van der Waals surface area contributed by atoms with E-state index in [1.54, 1.807) is 5.32 Å². The SMILES string of the molecule is NC(=O)NC(=O)N(Cl)Cl. The van der Waals surface area contributed by atoms with Crippen molar-refractivity contribution >= 4 is 35.6 Å². The molecule has 0 radical (unpaired) electrons. The molecule has 52 valence electrons. The van der Waals surface area contributed by atoms with Crippen LogP contribution in [0.2, 0.25) is 0 Å². The molecule has 0 unspecified atom stereocenters. The van der Waals surface area contributed by atoms with Crippen LogP contribution in [0, 0.1) is 0 Å². The Morgan fingerprint density at radius 3 is 2.00 bits per heavy atom. The summed E-state index contributed by atoms with van der Waals surface area (Å²) in [6.45, 7) is 0. The zero-order chi connectivity index (χ0) is 7.44. The Hall–Kier alpha value is -0.680. The number of rotatable bonds is 0. The molecule has 0 aliphatic heterocycles. The molecule has 0 heterocycles. The van der Waals surface area contributed by atoms with Gasteiger partial charge in [-0.1, -0.05) is 0 Å². The number of primary amides is 1. The molecular formula is C2H3Cl2N3O2. The third-order valence-corrected chi connectivity index (χ3v) is 0.691. The first-order valence-corrected chi connectivity index (χ1v) is 2.43. The maximum absolute atomic E-state index is 10.2. The molecule has 0 saturated heterocycles. The second kappa shape index (κ2) is 3.37. The lowest BCUT2D eigenvalue weighted by Crippen LogP contribution is -2.38. The van der Waals surface area contributed by atoms with E-state index in [1.807, 2.05) is 0 Å². The number of carbonyl (C=O) groups excluding carboxylic acids is 2. The lowest BCUT2D eigenvalue weighted by Gasteiger charge is -2.01. The van der Waals surface area contributed by atoms with E-state index in [-0.39, 0.29) is 3.94 Å². The van der Waals surface area contributed by atoms with Crippen LogP contribution in [-0.2, 0) is 0 Å². The lowest BCUT2D eigenvalue weighted by atomic mass is 10.9. The minimum Gasteiger partial charge on any atom is -0.351 e. The van der Waals surface area contributed by atoms with E-state index in [0.717, 1.165) is 0 Å². The Morgan fingerprint density at radius 1 is 1.44 bits per heavy atom. The van der Waals surface area contributed by atoms with Crippen molar-refractivity contribution in [1.29, 1.82) is 0 Å². The number of nitrogens with zero attached hydrogens (tertiary/aromatic N) is 1. The fourth-order valence-electron chi connectivity index (χ4n) is 0.148. The quantitative estimate of drug-likeness (QED) is 0.518. The van der Waals surface area contributed by atoms with Gasteiger partial charge in [-0.25, -0.2) is 9.59 Å². The smallest absolute Gasteiger partial charge is 0.351 e. The van der Waals surface area contributed by atoms with E-state index in [1.165, 1.54) is 0 Å². The molecule has 0 fully saturated rings. The molecule has 5 nitrogen and oxygen atoms in total. The first-order chi connectivity index (χ1) is 4.04. The standard InChI is InChI=1S/C2H3Cl2N3O2/c3-7(4)2(9)6-1(5)8/h(H3,5,6,8,9). The van der Waals surface area contributed by atoms with Gasteiger partial charge >= 0.3 is 12.1 Å². The van der Waals surface area contributed by atoms with Gasteiger partial charge in [-0.05, 0) is 0 Å². The molecule has 4 amide bonds. The molecule has 0 atom stereocenters.